The highest BCUT2D eigenvalue weighted by atomic mass is 32.1. The number of methoxy groups -OCH3 is 3. The topological polar surface area (TPSA) is 123 Å². The second-order valence-corrected chi connectivity index (χ2v) is 5.65. The maximum Gasteiger partial charge on any atom is 0.325 e. The monoisotopic (exact) mass is 368 g/mol. The Balaban J connectivity index is 3.39. The molecule has 0 atom stereocenters. The van der Waals surface area contributed by atoms with Gasteiger partial charge >= 0.3 is 17.9 Å². The van der Waals surface area contributed by atoms with Gasteiger partial charge in [-0.25, -0.2) is 0 Å². The average Bonchev–Trinajstić information content (AvgIpc) is 2.97. The van der Waals surface area contributed by atoms with Gasteiger partial charge < -0.3 is 19.1 Å². The van der Waals surface area contributed by atoms with Gasteiger partial charge in [-0.15, -0.1) is 11.3 Å². The van der Waals surface area contributed by atoms with Gasteiger partial charge in [0.25, 0.3) is 0 Å². The minimum Gasteiger partial charge on any atom is -0.469 e. The first-order chi connectivity index (χ1) is 11.9. The van der Waals surface area contributed by atoms with E-state index < -0.39 is 17.9 Å². The third-order valence-electron chi connectivity index (χ3n) is 3.17. The predicted octanol–water partition coefficient (Wildman–Crippen LogP) is 0.300. The van der Waals surface area contributed by atoms with Crippen LogP contribution in [0.5, 0.6) is 0 Å². The summed E-state index contributed by atoms with van der Waals surface area (Å²) in [5.74, 6) is -1.93. The molecule has 0 fully saturated rings. The molecular weight excluding hydrogens is 352 g/mol. The summed E-state index contributed by atoms with van der Waals surface area (Å²) < 4.78 is 13.7. The lowest BCUT2D eigenvalue weighted by molar-refractivity contribution is -0.141. The Morgan fingerprint density at radius 3 is 2.00 bits per heavy atom. The van der Waals surface area contributed by atoms with Crippen molar-refractivity contribution in [1.29, 1.82) is 5.26 Å². The van der Waals surface area contributed by atoms with Crippen molar-refractivity contribution < 1.29 is 33.4 Å². The van der Waals surface area contributed by atoms with Gasteiger partial charge in [-0.05, 0) is 0 Å². The molecule has 0 aliphatic heterocycles. The molecule has 0 spiro atoms. The molecule has 0 N–H and O–H groups in total. The number of hydrogen-bond donors (Lipinski definition) is 0. The van der Waals surface area contributed by atoms with Crippen molar-refractivity contribution >= 4 is 40.5 Å². The molecule has 10 heteroatoms. The lowest BCUT2D eigenvalue weighted by Gasteiger charge is -2.20. The van der Waals surface area contributed by atoms with Crippen molar-refractivity contribution in [3.8, 4) is 6.07 Å². The number of carbonyl (C=O) groups is 4. The zero-order valence-electron chi connectivity index (χ0n) is 13.9. The van der Waals surface area contributed by atoms with Crippen LogP contribution < -0.4 is 4.90 Å². The van der Waals surface area contributed by atoms with Crippen molar-refractivity contribution in [3.05, 3.63) is 16.0 Å². The van der Waals surface area contributed by atoms with Crippen LogP contribution in [0.2, 0.25) is 0 Å². The zero-order valence-corrected chi connectivity index (χ0v) is 14.7. The molecule has 0 bridgehead atoms. The van der Waals surface area contributed by atoms with Crippen molar-refractivity contribution in [2.45, 2.75) is 6.42 Å². The molecule has 0 aromatic carbocycles. The zero-order chi connectivity index (χ0) is 19.0. The molecule has 0 saturated heterocycles. The third kappa shape index (κ3) is 5.02. The second kappa shape index (κ2) is 9.39. The molecule has 1 aromatic rings. The third-order valence-corrected chi connectivity index (χ3v) is 4.39. The first kappa shape index (κ1) is 20.1. The Labute approximate surface area is 147 Å². The Hall–Kier alpha value is -2.93. The predicted molar refractivity (Wildman–Crippen MR) is 86.4 cm³/mol. The van der Waals surface area contributed by atoms with Gasteiger partial charge in [0.1, 0.15) is 24.2 Å². The van der Waals surface area contributed by atoms with E-state index in [9.17, 15) is 24.4 Å². The van der Waals surface area contributed by atoms with E-state index in [1.807, 2.05) is 6.07 Å². The summed E-state index contributed by atoms with van der Waals surface area (Å²) in [6.07, 6.45) is 0.218. The van der Waals surface area contributed by atoms with E-state index >= 15 is 0 Å². The smallest absolute Gasteiger partial charge is 0.325 e. The van der Waals surface area contributed by atoms with Gasteiger partial charge in [-0.1, -0.05) is 0 Å². The van der Waals surface area contributed by atoms with Crippen LogP contribution in [0.3, 0.4) is 0 Å². The number of rotatable bonds is 8. The van der Waals surface area contributed by atoms with Gasteiger partial charge in [-0.2, -0.15) is 5.26 Å². The molecule has 1 rings (SSSR count). The van der Waals surface area contributed by atoms with Gasteiger partial charge in [0, 0.05) is 5.56 Å². The Bertz CT molecular complexity index is 702. The summed E-state index contributed by atoms with van der Waals surface area (Å²) in [7, 11) is 3.54. The Morgan fingerprint density at radius 2 is 1.60 bits per heavy atom. The lowest BCUT2D eigenvalue weighted by atomic mass is 10.1. The van der Waals surface area contributed by atoms with Crippen LogP contribution in [0, 0.1) is 11.3 Å². The standard InChI is InChI=1S/C15H16N2O7S/c1-22-12(19)4-9-10(5-16)15(25-11(9)8-18)17(6-13(20)23-2)7-14(21)24-3/h8H,4,6-7H2,1-3H3. The Morgan fingerprint density at radius 1 is 1.08 bits per heavy atom. The molecule has 0 unspecified atom stereocenters. The lowest BCUT2D eigenvalue weighted by Crippen LogP contribution is -2.35. The molecular formula is C15H16N2O7S. The average molecular weight is 368 g/mol. The van der Waals surface area contributed by atoms with Crippen LogP contribution >= 0.6 is 11.3 Å². The van der Waals surface area contributed by atoms with Crippen molar-refractivity contribution in [2.24, 2.45) is 0 Å². The first-order valence-electron chi connectivity index (χ1n) is 6.88. The quantitative estimate of drug-likeness (QED) is 0.362. The number of ether oxygens (including phenoxy) is 3. The number of carbonyl (C=O) groups excluding carboxylic acids is 4. The molecule has 0 aliphatic carbocycles. The summed E-state index contributed by atoms with van der Waals surface area (Å²) in [5, 5.41) is 9.65. The normalized spacial score (nSPS) is 9.68. The van der Waals surface area contributed by atoms with Crippen LogP contribution in [0.1, 0.15) is 20.8 Å². The molecule has 0 radical (unpaired) electrons. The van der Waals surface area contributed by atoms with Gasteiger partial charge in [0.05, 0.1) is 38.2 Å². The van der Waals surface area contributed by atoms with Gasteiger partial charge in [0.15, 0.2) is 6.29 Å². The summed E-state index contributed by atoms with van der Waals surface area (Å²) in [6, 6.07) is 1.91. The number of nitrogens with zero attached hydrogens (tertiary/aromatic N) is 2. The number of aldehydes is 1. The maximum absolute atomic E-state index is 11.6. The highest BCUT2D eigenvalue weighted by Gasteiger charge is 2.26. The highest BCUT2D eigenvalue weighted by Crippen LogP contribution is 2.35. The summed E-state index contributed by atoms with van der Waals surface area (Å²) in [6.45, 7) is -0.673. The minimum absolute atomic E-state index is 0.0188. The fourth-order valence-corrected chi connectivity index (χ4v) is 3.02. The van der Waals surface area contributed by atoms with E-state index in [4.69, 9.17) is 0 Å². The molecule has 0 saturated carbocycles. The maximum atomic E-state index is 11.6. The summed E-state index contributed by atoms with van der Waals surface area (Å²) in [5.41, 5.74) is 0.203. The van der Waals surface area contributed by atoms with Crippen molar-refractivity contribution in [2.75, 3.05) is 39.3 Å². The van der Waals surface area contributed by atoms with Crippen molar-refractivity contribution in [3.63, 3.8) is 0 Å². The van der Waals surface area contributed by atoms with Crippen LogP contribution in [0.25, 0.3) is 0 Å². The van der Waals surface area contributed by atoms with Crippen LogP contribution in [0.4, 0.5) is 5.00 Å². The van der Waals surface area contributed by atoms with E-state index in [2.05, 4.69) is 14.2 Å². The fourth-order valence-electron chi connectivity index (χ4n) is 1.93. The van der Waals surface area contributed by atoms with E-state index in [0.29, 0.717) is 6.29 Å². The molecule has 0 aliphatic rings. The fraction of sp³-hybridized carbons (Fsp3) is 0.400. The number of anilines is 1. The molecule has 25 heavy (non-hydrogen) atoms. The van der Waals surface area contributed by atoms with Gasteiger partial charge in [-0.3, -0.25) is 19.2 Å². The largest absolute Gasteiger partial charge is 0.469 e. The molecule has 1 heterocycles. The molecule has 0 amide bonds. The SMILES string of the molecule is COC(=O)Cc1c(C=O)sc(N(CC(=O)OC)CC(=O)OC)c1C#N. The highest BCUT2D eigenvalue weighted by molar-refractivity contribution is 7.18. The molecule has 134 valence electrons. The molecule has 1 aromatic heterocycles. The molecule has 9 nitrogen and oxygen atoms in total. The number of esters is 3. The number of hydrogen-bond acceptors (Lipinski definition) is 10. The minimum atomic E-state index is -0.650. The second-order valence-electron chi connectivity index (χ2n) is 4.62. The van der Waals surface area contributed by atoms with Gasteiger partial charge in [0.2, 0.25) is 0 Å². The number of thiophene rings is 1. The van der Waals surface area contributed by atoms with Crippen LogP contribution in [-0.2, 0) is 35.0 Å². The van der Waals surface area contributed by atoms with E-state index in [0.717, 1.165) is 11.3 Å². The van der Waals surface area contributed by atoms with E-state index in [-0.39, 0.29) is 40.5 Å². The summed E-state index contributed by atoms with van der Waals surface area (Å²) >= 11 is 0.888. The van der Waals surface area contributed by atoms with Crippen molar-refractivity contribution in [1.82, 2.24) is 0 Å². The van der Waals surface area contributed by atoms with E-state index in [1.165, 1.54) is 26.2 Å². The number of nitriles is 1. The first-order valence-corrected chi connectivity index (χ1v) is 7.69. The van der Waals surface area contributed by atoms with E-state index in [1.54, 1.807) is 0 Å². The Kier molecular flexibility index (Phi) is 7.55. The van der Waals surface area contributed by atoms with Crippen LogP contribution in [-0.4, -0.2) is 58.6 Å². The summed E-state index contributed by atoms with van der Waals surface area (Å²) in [4.78, 5) is 47.5. The van der Waals surface area contributed by atoms with Crippen LogP contribution in [0.15, 0.2) is 0 Å².